The molecule has 0 aliphatic rings. The molecule has 0 amide bonds. The topological polar surface area (TPSA) is 37.4 Å². The van der Waals surface area contributed by atoms with E-state index in [1.54, 1.807) is 7.11 Å². The summed E-state index contributed by atoms with van der Waals surface area (Å²) in [4.78, 5) is 6.85. The van der Waals surface area contributed by atoms with Gasteiger partial charge in [0.25, 0.3) is 0 Å². The van der Waals surface area contributed by atoms with Crippen LogP contribution in [0.1, 0.15) is 13.8 Å². The molecule has 0 saturated carbocycles. The van der Waals surface area contributed by atoms with Gasteiger partial charge in [-0.2, -0.15) is 0 Å². The summed E-state index contributed by atoms with van der Waals surface area (Å²) in [6, 6.07) is 8.03. The fourth-order valence-electron chi connectivity index (χ4n) is 2.31. The van der Waals surface area contributed by atoms with Crippen molar-refractivity contribution >= 4 is 16.6 Å². The number of hydrogen-bond donors (Lipinski definition) is 1. The smallest absolute Gasteiger partial charge is 0.121 e. The Labute approximate surface area is 120 Å². The van der Waals surface area contributed by atoms with E-state index < -0.39 is 0 Å². The summed E-state index contributed by atoms with van der Waals surface area (Å²) < 4.78 is 5.35. The van der Waals surface area contributed by atoms with Gasteiger partial charge in [-0.25, -0.2) is 0 Å². The minimum Gasteiger partial charge on any atom is -0.497 e. The monoisotopic (exact) mass is 273 g/mol. The molecule has 0 spiro atoms. The highest BCUT2D eigenvalue weighted by Gasteiger charge is 2.06. The van der Waals surface area contributed by atoms with E-state index in [9.17, 15) is 0 Å². The number of hydrogen-bond acceptors (Lipinski definition) is 4. The lowest BCUT2D eigenvalue weighted by Gasteiger charge is -2.19. The highest BCUT2D eigenvalue weighted by molar-refractivity contribution is 5.91. The van der Waals surface area contributed by atoms with E-state index >= 15 is 0 Å². The van der Waals surface area contributed by atoms with Crippen LogP contribution < -0.4 is 10.1 Å². The van der Waals surface area contributed by atoms with Crippen LogP contribution in [0.25, 0.3) is 10.9 Å². The molecule has 0 unspecified atom stereocenters. The van der Waals surface area contributed by atoms with E-state index in [0.717, 1.165) is 48.5 Å². The number of fused-ring (bicyclic) bond motifs is 1. The maximum atomic E-state index is 5.35. The number of methoxy groups -OCH3 is 1. The van der Waals surface area contributed by atoms with Crippen molar-refractivity contribution in [2.45, 2.75) is 13.8 Å². The summed E-state index contributed by atoms with van der Waals surface area (Å²) in [6.07, 6.45) is 1.82. The number of pyridine rings is 1. The van der Waals surface area contributed by atoms with Crippen molar-refractivity contribution in [1.29, 1.82) is 0 Å². The fraction of sp³-hybridized carbons (Fsp3) is 0.438. The number of nitrogens with zero attached hydrogens (tertiary/aromatic N) is 2. The van der Waals surface area contributed by atoms with E-state index in [1.165, 1.54) is 0 Å². The molecular weight excluding hydrogens is 250 g/mol. The van der Waals surface area contributed by atoms with E-state index in [4.69, 9.17) is 4.74 Å². The van der Waals surface area contributed by atoms with Gasteiger partial charge in [-0.3, -0.25) is 4.98 Å². The van der Waals surface area contributed by atoms with Crippen LogP contribution in [0.15, 0.2) is 30.5 Å². The lowest BCUT2D eigenvalue weighted by atomic mass is 10.2. The van der Waals surface area contributed by atoms with Gasteiger partial charge in [-0.1, -0.05) is 19.9 Å². The molecule has 1 N–H and O–H groups in total. The van der Waals surface area contributed by atoms with Crippen LogP contribution in [0.3, 0.4) is 0 Å². The normalized spacial score (nSPS) is 11.0. The molecule has 108 valence electrons. The Morgan fingerprint density at radius 3 is 2.75 bits per heavy atom. The third-order valence-corrected chi connectivity index (χ3v) is 3.55. The molecule has 0 saturated heterocycles. The van der Waals surface area contributed by atoms with E-state index in [-0.39, 0.29) is 0 Å². The first-order valence-corrected chi connectivity index (χ1v) is 7.17. The molecule has 1 aromatic heterocycles. The second-order valence-corrected chi connectivity index (χ2v) is 4.70. The second kappa shape index (κ2) is 7.10. The van der Waals surface area contributed by atoms with Crippen LogP contribution in [0, 0.1) is 0 Å². The van der Waals surface area contributed by atoms with Crippen molar-refractivity contribution in [2.24, 2.45) is 0 Å². The van der Waals surface area contributed by atoms with Gasteiger partial charge in [0.15, 0.2) is 0 Å². The third kappa shape index (κ3) is 3.39. The van der Waals surface area contributed by atoms with Crippen LogP contribution in [0.4, 0.5) is 5.69 Å². The Balaban J connectivity index is 2.15. The van der Waals surface area contributed by atoms with Gasteiger partial charge in [0.2, 0.25) is 0 Å². The average Bonchev–Trinajstić information content (AvgIpc) is 2.51. The lowest BCUT2D eigenvalue weighted by molar-refractivity contribution is 0.316. The summed E-state index contributed by atoms with van der Waals surface area (Å²) >= 11 is 0. The van der Waals surface area contributed by atoms with Gasteiger partial charge in [0.1, 0.15) is 5.75 Å². The van der Waals surface area contributed by atoms with Crippen molar-refractivity contribution < 1.29 is 4.74 Å². The number of likely N-dealkylation sites (N-methyl/N-ethyl adjacent to an activating group) is 1. The number of ether oxygens (including phenoxy) is 1. The van der Waals surface area contributed by atoms with Crippen LogP contribution in [0.5, 0.6) is 5.75 Å². The number of nitrogens with one attached hydrogen (secondary N) is 1. The molecule has 0 radical (unpaired) electrons. The molecule has 0 bridgehead atoms. The Morgan fingerprint density at radius 2 is 2.05 bits per heavy atom. The Hall–Kier alpha value is -1.81. The van der Waals surface area contributed by atoms with Crippen LogP contribution >= 0.6 is 0 Å². The molecular formula is C16H23N3O. The van der Waals surface area contributed by atoms with E-state index in [2.05, 4.69) is 35.1 Å². The zero-order chi connectivity index (χ0) is 14.4. The molecule has 0 aliphatic heterocycles. The zero-order valence-corrected chi connectivity index (χ0v) is 12.5. The quantitative estimate of drug-likeness (QED) is 0.841. The first-order chi connectivity index (χ1) is 9.78. The highest BCUT2D eigenvalue weighted by atomic mass is 16.5. The minimum atomic E-state index is 0.857. The Kier molecular flexibility index (Phi) is 5.18. The standard InChI is InChI=1S/C16H23N3O/c1-4-19(5-2)10-9-17-15-12-14(20-3)11-13-7-6-8-18-16(13)15/h6-8,11-12,17H,4-5,9-10H2,1-3H3. The maximum absolute atomic E-state index is 5.35. The maximum Gasteiger partial charge on any atom is 0.121 e. The van der Waals surface area contributed by atoms with Crippen molar-refractivity contribution in [3.8, 4) is 5.75 Å². The number of benzene rings is 1. The molecule has 0 fully saturated rings. The van der Waals surface area contributed by atoms with Gasteiger partial charge in [-0.05, 0) is 25.2 Å². The highest BCUT2D eigenvalue weighted by Crippen LogP contribution is 2.27. The number of aromatic nitrogens is 1. The molecule has 4 heteroatoms. The van der Waals surface area contributed by atoms with Crippen molar-refractivity contribution in [1.82, 2.24) is 9.88 Å². The first kappa shape index (κ1) is 14.6. The van der Waals surface area contributed by atoms with Crippen molar-refractivity contribution in [2.75, 3.05) is 38.6 Å². The lowest BCUT2D eigenvalue weighted by Crippen LogP contribution is -2.28. The van der Waals surface area contributed by atoms with Crippen LogP contribution in [-0.4, -0.2) is 43.2 Å². The SMILES string of the molecule is CCN(CC)CCNc1cc(OC)cc2cccnc12. The minimum absolute atomic E-state index is 0.857. The molecule has 4 nitrogen and oxygen atoms in total. The number of anilines is 1. The second-order valence-electron chi connectivity index (χ2n) is 4.70. The van der Waals surface area contributed by atoms with Crippen LogP contribution in [-0.2, 0) is 0 Å². The predicted octanol–water partition coefficient (Wildman–Crippen LogP) is 3.00. The molecule has 20 heavy (non-hydrogen) atoms. The van der Waals surface area contributed by atoms with Crippen molar-refractivity contribution in [3.05, 3.63) is 30.5 Å². The summed E-state index contributed by atoms with van der Waals surface area (Å²) in [5.74, 6) is 0.857. The van der Waals surface area contributed by atoms with Gasteiger partial charge in [0, 0.05) is 30.7 Å². The van der Waals surface area contributed by atoms with Gasteiger partial charge in [0.05, 0.1) is 18.3 Å². The van der Waals surface area contributed by atoms with Crippen LogP contribution in [0.2, 0.25) is 0 Å². The Morgan fingerprint density at radius 1 is 1.25 bits per heavy atom. The third-order valence-electron chi connectivity index (χ3n) is 3.55. The first-order valence-electron chi connectivity index (χ1n) is 7.17. The summed E-state index contributed by atoms with van der Waals surface area (Å²) in [7, 11) is 1.69. The molecule has 1 aromatic carbocycles. The van der Waals surface area contributed by atoms with Crippen molar-refractivity contribution in [3.63, 3.8) is 0 Å². The number of rotatable bonds is 7. The van der Waals surface area contributed by atoms with Gasteiger partial charge in [-0.15, -0.1) is 0 Å². The fourth-order valence-corrected chi connectivity index (χ4v) is 2.31. The predicted molar refractivity (Wildman–Crippen MR) is 84.6 cm³/mol. The molecule has 2 aromatic rings. The molecule has 0 aliphatic carbocycles. The van der Waals surface area contributed by atoms with E-state index in [1.807, 2.05) is 24.4 Å². The summed E-state index contributed by atoms with van der Waals surface area (Å²) in [5, 5.41) is 4.57. The summed E-state index contributed by atoms with van der Waals surface area (Å²) in [5.41, 5.74) is 2.03. The largest absolute Gasteiger partial charge is 0.497 e. The van der Waals surface area contributed by atoms with Gasteiger partial charge >= 0.3 is 0 Å². The van der Waals surface area contributed by atoms with E-state index in [0.29, 0.717) is 0 Å². The zero-order valence-electron chi connectivity index (χ0n) is 12.5. The Bertz CT molecular complexity index is 552. The molecule has 1 heterocycles. The average molecular weight is 273 g/mol. The van der Waals surface area contributed by atoms with Gasteiger partial charge < -0.3 is 15.0 Å². The molecule has 0 atom stereocenters. The summed E-state index contributed by atoms with van der Waals surface area (Å²) in [6.45, 7) is 8.46. The molecule has 2 rings (SSSR count).